The molecule has 0 bridgehead atoms. The highest BCUT2D eigenvalue weighted by Gasteiger charge is 2.29. The van der Waals surface area contributed by atoms with Gasteiger partial charge in [0.2, 0.25) is 0 Å². The number of amides is 1. The number of methoxy groups -OCH3 is 1. The summed E-state index contributed by atoms with van der Waals surface area (Å²) in [4.78, 5) is 15.8. The minimum Gasteiger partial charge on any atom is -0.497 e. The van der Waals surface area contributed by atoms with Crippen LogP contribution in [0, 0.1) is 0 Å². The Morgan fingerprint density at radius 1 is 1.17 bits per heavy atom. The Kier molecular flexibility index (Phi) is 6.30. The van der Waals surface area contributed by atoms with E-state index in [2.05, 4.69) is 4.98 Å². The van der Waals surface area contributed by atoms with Gasteiger partial charge in [-0.2, -0.15) is 0 Å². The molecule has 12 heteroatoms. The van der Waals surface area contributed by atoms with Crippen molar-refractivity contribution < 1.29 is 26.7 Å². The molecule has 0 fully saturated rings. The molecule has 3 rings (SSSR count). The van der Waals surface area contributed by atoms with Crippen LogP contribution < -0.4 is 9.46 Å². The number of hydrogen-bond donors (Lipinski definition) is 1. The highest BCUT2D eigenvalue weighted by molar-refractivity contribution is 7.90. The van der Waals surface area contributed by atoms with Crippen LogP contribution in [0.1, 0.15) is 22.6 Å². The van der Waals surface area contributed by atoms with Crippen molar-refractivity contribution in [2.75, 3.05) is 7.11 Å². The Balaban J connectivity index is 1.99. The number of ether oxygens (including phenoxy) is 1. The number of hydrogen-bond acceptors (Lipinski definition) is 5. The largest absolute Gasteiger partial charge is 0.497 e. The number of nitrogens with zero attached hydrogens (tertiary/aromatic N) is 2. The van der Waals surface area contributed by atoms with Gasteiger partial charge >= 0.3 is 0 Å². The maximum Gasteiger partial charge on any atom is 0.285 e. The molecule has 3 aromatic rings. The van der Waals surface area contributed by atoms with E-state index in [-0.39, 0.29) is 16.5 Å². The first-order valence-corrected chi connectivity index (χ1v) is 10.4. The van der Waals surface area contributed by atoms with Gasteiger partial charge in [0.15, 0.2) is 5.69 Å². The number of halogens is 4. The van der Waals surface area contributed by atoms with Crippen LogP contribution in [0.4, 0.5) is 8.78 Å². The van der Waals surface area contributed by atoms with Gasteiger partial charge in [0, 0.05) is 16.8 Å². The van der Waals surface area contributed by atoms with Crippen LogP contribution >= 0.6 is 23.2 Å². The molecule has 0 aliphatic rings. The standard InChI is InChI=1S/C18H13Cl2F2N3O4S/c1-29-12-6-7-13(20)14(8-12)30(27,28)24-18(26)15-16(17(21)22)25(9-23-15)11-4-2-10(19)3-5-11/h2-9,17H,1H3,(H,24,26). The second-order valence-corrected chi connectivity index (χ2v) is 8.35. The topological polar surface area (TPSA) is 90.3 Å². The van der Waals surface area contributed by atoms with Crippen molar-refractivity contribution in [1.82, 2.24) is 14.3 Å². The Hall–Kier alpha value is -2.69. The molecule has 1 amide bonds. The van der Waals surface area contributed by atoms with Gasteiger partial charge < -0.3 is 4.74 Å². The fraction of sp³-hybridized carbons (Fsp3) is 0.111. The first-order valence-electron chi connectivity index (χ1n) is 8.16. The third kappa shape index (κ3) is 4.40. The highest BCUT2D eigenvalue weighted by Crippen LogP contribution is 2.28. The summed E-state index contributed by atoms with van der Waals surface area (Å²) in [6.45, 7) is 0. The van der Waals surface area contributed by atoms with Crippen molar-refractivity contribution in [2.45, 2.75) is 11.3 Å². The van der Waals surface area contributed by atoms with E-state index in [1.807, 2.05) is 0 Å². The smallest absolute Gasteiger partial charge is 0.285 e. The van der Waals surface area contributed by atoms with Crippen LogP contribution in [-0.2, 0) is 10.0 Å². The molecule has 0 aliphatic heterocycles. The quantitative estimate of drug-likeness (QED) is 0.575. The van der Waals surface area contributed by atoms with E-state index >= 15 is 0 Å². The molecule has 0 saturated heterocycles. The maximum absolute atomic E-state index is 13.7. The fourth-order valence-electron chi connectivity index (χ4n) is 2.59. The summed E-state index contributed by atoms with van der Waals surface area (Å²) in [6, 6.07) is 9.63. The molecular weight excluding hydrogens is 463 g/mol. The second kappa shape index (κ2) is 8.58. The molecule has 0 saturated carbocycles. The molecule has 158 valence electrons. The van der Waals surface area contributed by atoms with Crippen molar-refractivity contribution in [3.05, 3.63) is 70.2 Å². The molecule has 0 atom stereocenters. The number of carbonyl (C=O) groups is 1. The number of carbonyl (C=O) groups excluding carboxylic acids is 1. The minimum atomic E-state index is -4.50. The number of rotatable bonds is 6. The Morgan fingerprint density at radius 2 is 1.83 bits per heavy atom. The van der Waals surface area contributed by atoms with E-state index in [0.29, 0.717) is 5.02 Å². The third-order valence-electron chi connectivity index (χ3n) is 3.99. The predicted octanol–water partition coefficient (Wildman–Crippen LogP) is 4.24. The van der Waals surface area contributed by atoms with E-state index in [1.165, 1.54) is 43.5 Å². The van der Waals surface area contributed by atoms with Crippen molar-refractivity contribution in [1.29, 1.82) is 0 Å². The van der Waals surface area contributed by atoms with Crippen LogP contribution in [0.3, 0.4) is 0 Å². The minimum absolute atomic E-state index is 0.174. The summed E-state index contributed by atoms with van der Waals surface area (Å²) in [5.41, 5.74) is -1.26. The van der Waals surface area contributed by atoms with Crippen molar-refractivity contribution in [3.63, 3.8) is 0 Å². The van der Waals surface area contributed by atoms with Gasteiger partial charge in [-0.3, -0.25) is 9.36 Å². The number of imidazole rings is 1. The van der Waals surface area contributed by atoms with Crippen LogP contribution in [0.5, 0.6) is 5.75 Å². The summed E-state index contributed by atoms with van der Waals surface area (Å²) in [5.74, 6) is -1.16. The number of nitrogens with one attached hydrogen (secondary N) is 1. The molecular formula is C18H13Cl2F2N3O4S. The number of aromatic nitrogens is 2. The fourth-order valence-corrected chi connectivity index (χ4v) is 4.19. The summed E-state index contributed by atoms with van der Waals surface area (Å²) < 4.78 is 60.2. The van der Waals surface area contributed by atoms with Crippen LogP contribution in [0.2, 0.25) is 10.0 Å². The monoisotopic (exact) mass is 475 g/mol. The lowest BCUT2D eigenvalue weighted by Gasteiger charge is -2.11. The molecule has 0 radical (unpaired) electrons. The maximum atomic E-state index is 13.7. The first-order chi connectivity index (χ1) is 14.1. The van der Waals surface area contributed by atoms with Crippen LogP contribution in [-0.4, -0.2) is 31.0 Å². The highest BCUT2D eigenvalue weighted by atomic mass is 35.5. The van der Waals surface area contributed by atoms with E-state index < -0.39 is 38.6 Å². The molecule has 1 aromatic heterocycles. The molecule has 2 aromatic carbocycles. The first kappa shape index (κ1) is 22.0. The molecule has 0 unspecified atom stereocenters. The lowest BCUT2D eigenvalue weighted by Crippen LogP contribution is -2.32. The lowest BCUT2D eigenvalue weighted by atomic mass is 10.2. The van der Waals surface area contributed by atoms with Gasteiger partial charge in [-0.1, -0.05) is 23.2 Å². The molecule has 0 aliphatic carbocycles. The zero-order chi connectivity index (χ0) is 22.1. The predicted molar refractivity (Wildman–Crippen MR) is 106 cm³/mol. The van der Waals surface area contributed by atoms with Crippen molar-refractivity contribution >= 4 is 39.1 Å². The van der Waals surface area contributed by atoms with Gasteiger partial charge in [0.1, 0.15) is 22.7 Å². The second-order valence-electron chi connectivity index (χ2n) is 5.86. The zero-order valence-corrected chi connectivity index (χ0v) is 17.5. The van der Waals surface area contributed by atoms with E-state index in [1.54, 1.807) is 4.72 Å². The average molecular weight is 476 g/mol. The SMILES string of the molecule is COc1ccc(Cl)c(S(=O)(=O)NC(=O)c2ncn(-c3ccc(Cl)cc3)c2C(F)F)c1. The Morgan fingerprint density at radius 3 is 2.43 bits per heavy atom. The van der Waals surface area contributed by atoms with Crippen LogP contribution in [0.15, 0.2) is 53.7 Å². The molecule has 30 heavy (non-hydrogen) atoms. The van der Waals surface area contributed by atoms with Gasteiger partial charge in [0.05, 0.1) is 12.1 Å². The van der Waals surface area contributed by atoms with Gasteiger partial charge in [-0.25, -0.2) is 26.9 Å². The number of alkyl halides is 2. The van der Waals surface area contributed by atoms with E-state index in [0.717, 1.165) is 17.0 Å². The molecule has 1 heterocycles. The lowest BCUT2D eigenvalue weighted by molar-refractivity contribution is 0.0959. The average Bonchev–Trinajstić information content (AvgIpc) is 3.14. The van der Waals surface area contributed by atoms with Gasteiger partial charge in [-0.15, -0.1) is 0 Å². The normalized spacial score (nSPS) is 11.5. The van der Waals surface area contributed by atoms with Crippen molar-refractivity contribution in [3.8, 4) is 11.4 Å². The Bertz CT molecular complexity index is 1200. The number of benzene rings is 2. The molecule has 0 spiro atoms. The van der Waals surface area contributed by atoms with Gasteiger partial charge in [-0.05, 0) is 36.4 Å². The van der Waals surface area contributed by atoms with E-state index in [4.69, 9.17) is 27.9 Å². The summed E-state index contributed by atoms with van der Waals surface area (Å²) in [6.07, 6.45) is -2.13. The number of sulfonamides is 1. The zero-order valence-electron chi connectivity index (χ0n) is 15.1. The summed E-state index contributed by atoms with van der Waals surface area (Å²) in [5, 5.41) is 0.202. The molecule has 7 nitrogen and oxygen atoms in total. The Labute approximate surface area is 180 Å². The summed E-state index contributed by atoms with van der Waals surface area (Å²) >= 11 is 11.7. The van der Waals surface area contributed by atoms with Crippen molar-refractivity contribution in [2.24, 2.45) is 0 Å². The third-order valence-corrected chi connectivity index (χ3v) is 6.05. The van der Waals surface area contributed by atoms with E-state index in [9.17, 15) is 22.0 Å². The van der Waals surface area contributed by atoms with Gasteiger partial charge in [0.25, 0.3) is 22.4 Å². The summed E-state index contributed by atoms with van der Waals surface area (Å²) in [7, 11) is -3.18. The van der Waals surface area contributed by atoms with Crippen LogP contribution in [0.25, 0.3) is 5.69 Å². The molecule has 1 N–H and O–H groups in total.